The monoisotopic (exact) mass is 450 g/mol. The summed E-state index contributed by atoms with van der Waals surface area (Å²) in [5.74, 6) is -2.65. The fraction of sp³-hybridized carbons (Fsp3) is 0.409. The zero-order valence-corrected chi connectivity index (χ0v) is 17.6. The summed E-state index contributed by atoms with van der Waals surface area (Å²) in [6.07, 6.45) is 1.89. The number of amides is 1. The number of fused-ring (bicyclic) bond motifs is 1. The Morgan fingerprint density at radius 1 is 1.16 bits per heavy atom. The fourth-order valence-corrected chi connectivity index (χ4v) is 3.85. The summed E-state index contributed by atoms with van der Waals surface area (Å²) >= 11 is 0. The summed E-state index contributed by atoms with van der Waals surface area (Å²) in [6, 6.07) is 10.5. The Hall–Kier alpha value is -3.14. The number of hydrogen-bond acceptors (Lipinski definition) is 4. The molecule has 0 bridgehead atoms. The first-order valence-corrected chi connectivity index (χ1v) is 10.2. The third kappa shape index (κ3) is 5.76. The number of nitrogens with zero attached hydrogens (tertiary/aromatic N) is 4. The Morgan fingerprint density at radius 3 is 2.38 bits per heavy atom. The van der Waals surface area contributed by atoms with Gasteiger partial charge in [-0.25, -0.2) is 9.78 Å². The van der Waals surface area contributed by atoms with Crippen molar-refractivity contribution < 1.29 is 27.9 Å². The summed E-state index contributed by atoms with van der Waals surface area (Å²) in [7, 11) is 1.99. The van der Waals surface area contributed by atoms with Crippen molar-refractivity contribution in [2.45, 2.75) is 25.1 Å². The minimum atomic E-state index is -5.08. The van der Waals surface area contributed by atoms with Crippen molar-refractivity contribution in [1.82, 2.24) is 19.4 Å². The molecule has 4 rings (SSSR count). The van der Waals surface area contributed by atoms with Gasteiger partial charge in [0.25, 0.3) is 0 Å². The van der Waals surface area contributed by atoms with E-state index in [9.17, 15) is 18.0 Å². The molecule has 1 unspecified atom stereocenters. The quantitative estimate of drug-likeness (QED) is 0.725. The number of carbonyl (C=O) groups excluding carboxylic acids is 1. The second kappa shape index (κ2) is 9.99. The Bertz CT molecular complexity index is 965. The first-order valence-electron chi connectivity index (χ1n) is 10.2. The van der Waals surface area contributed by atoms with E-state index in [4.69, 9.17) is 9.90 Å². The standard InChI is InChI=1S/C20H24N4O.C2HF3O2/c1-22-15-21-18-14-23(12-9-16-7-3-2-4-8-16)13-17(19(18)22)20(25)24-10-5-6-11-24;3-2(4,5)1(6)7/h2-8,15,17H,9-14H2,1H3;(H,6,7). The molecule has 2 aromatic rings. The van der Waals surface area contributed by atoms with Crippen LogP contribution in [0.15, 0.2) is 48.8 Å². The third-order valence-electron chi connectivity index (χ3n) is 5.44. The number of alkyl halides is 3. The molecule has 0 saturated heterocycles. The Balaban J connectivity index is 0.000000360. The minimum Gasteiger partial charge on any atom is -0.475 e. The smallest absolute Gasteiger partial charge is 0.475 e. The highest BCUT2D eigenvalue weighted by Gasteiger charge is 2.38. The number of rotatable bonds is 4. The molecule has 1 atom stereocenters. The van der Waals surface area contributed by atoms with Crippen LogP contribution in [0.3, 0.4) is 0 Å². The largest absolute Gasteiger partial charge is 0.490 e. The van der Waals surface area contributed by atoms with Crippen LogP contribution in [0.25, 0.3) is 0 Å². The fourth-order valence-electron chi connectivity index (χ4n) is 3.85. The van der Waals surface area contributed by atoms with Gasteiger partial charge in [0.1, 0.15) is 0 Å². The van der Waals surface area contributed by atoms with Crippen LogP contribution in [0.2, 0.25) is 0 Å². The molecule has 172 valence electrons. The lowest BCUT2D eigenvalue weighted by molar-refractivity contribution is -0.192. The molecule has 1 aromatic carbocycles. The highest BCUT2D eigenvalue weighted by molar-refractivity contribution is 5.84. The average molecular weight is 450 g/mol. The molecule has 2 aliphatic heterocycles. The molecule has 0 spiro atoms. The van der Waals surface area contributed by atoms with Crippen LogP contribution in [0.1, 0.15) is 22.9 Å². The summed E-state index contributed by atoms with van der Waals surface area (Å²) < 4.78 is 33.8. The number of hydrogen-bond donors (Lipinski definition) is 1. The van der Waals surface area contributed by atoms with Crippen LogP contribution in [-0.4, -0.2) is 68.7 Å². The first kappa shape index (κ1) is 23.5. The maximum absolute atomic E-state index is 13.1. The molecular weight excluding hydrogens is 425 g/mol. The summed E-state index contributed by atoms with van der Waals surface area (Å²) in [4.78, 5) is 30.8. The van der Waals surface area contributed by atoms with Gasteiger partial charge in [-0.05, 0) is 12.0 Å². The number of carboxylic acids is 1. The molecule has 0 saturated carbocycles. The van der Waals surface area contributed by atoms with E-state index in [1.165, 1.54) is 5.56 Å². The van der Waals surface area contributed by atoms with Crippen molar-refractivity contribution in [3.05, 3.63) is 65.8 Å². The second-order valence-corrected chi connectivity index (χ2v) is 7.73. The maximum Gasteiger partial charge on any atom is 0.490 e. The van der Waals surface area contributed by atoms with Crippen LogP contribution >= 0.6 is 0 Å². The van der Waals surface area contributed by atoms with Crippen molar-refractivity contribution in [3.63, 3.8) is 0 Å². The topological polar surface area (TPSA) is 78.7 Å². The summed E-state index contributed by atoms with van der Waals surface area (Å²) in [5.41, 5.74) is 3.47. The molecule has 2 aliphatic rings. The number of benzene rings is 1. The molecule has 1 aromatic heterocycles. The van der Waals surface area contributed by atoms with Gasteiger partial charge in [-0.15, -0.1) is 0 Å². The van der Waals surface area contributed by atoms with Gasteiger partial charge in [0.05, 0.1) is 23.6 Å². The molecule has 3 heterocycles. The van der Waals surface area contributed by atoms with E-state index in [0.29, 0.717) is 0 Å². The van der Waals surface area contributed by atoms with Gasteiger partial charge in [0, 0.05) is 39.8 Å². The van der Waals surface area contributed by atoms with E-state index in [2.05, 4.69) is 46.3 Å². The number of carbonyl (C=O) groups is 2. The Morgan fingerprint density at radius 2 is 1.78 bits per heavy atom. The van der Waals surface area contributed by atoms with Crippen molar-refractivity contribution in [3.8, 4) is 0 Å². The van der Waals surface area contributed by atoms with Crippen LogP contribution < -0.4 is 0 Å². The van der Waals surface area contributed by atoms with Crippen molar-refractivity contribution in [1.29, 1.82) is 0 Å². The lowest BCUT2D eigenvalue weighted by atomic mass is 9.96. The van der Waals surface area contributed by atoms with E-state index >= 15 is 0 Å². The zero-order chi connectivity index (χ0) is 23.3. The second-order valence-electron chi connectivity index (χ2n) is 7.73. The molecule has 1 N–H and O–H groups in total. The van der Waals surface area contributed by atoms with E-state index in [0.717, 1.165) is 50.5 Å². The Labute approximate surface area is 183 Å². The van der Waals surface area contributed by atoms with Crippen LogP contribution in [0.4, 0.5) is 13.2 Å². The highest BCUT2D eigenvalue weighted by Crippen LogP contribution is 2.29. The molecular formula is C22H25F3N4O3. The van der Waals surface area contributed by atoms with Gasteiger partial charge in [0.15, 0.2) is 0 Å². The SMILES string of the molecule is Cn1cnc2c1C(C(=O)N1CC=CC1)CN(CCc1ccccc1)C2.O=C(O)C(F)(F)F. The van der Waals surface area contributed by atoms with E-state index in [-0.39, 0.29) is 11.8 Å². The Kier molecular flexibility index (Phi) is 7.34. The normalized spacial score (nSPS) is 18.1. The zero-order valence-electron chi connectivity index (χ0n) is 17.6. The lowest BCUT2D eigenvalue weighted by Gasteiger charge is -2.34. The van der Waals surface area contributed by atoms with Gasteiger partial charge in [-0.3, -0.25) is 9.69 Å². The molecule has 7 nitrogen and oxygen atoms in total. The van der Waals surface area contributed by atoms with Gasteiger partial charge in [-0.1, -0.05) is 42.5 Å². The van der Waals surface area contributed by atoms with Crippen LogP contribution in [-0.2, 0) is 29.6 Å². The molecule has 0 fully saturated rings. The van der Waals surface area contributed by atoms with Gasteiger partial charge < -0.3 is 14.6 Å². The predicted octanol–water partition coefficient (Wildman–Crippen LogP) is 2.59. The van der Waals surface area contributed by atoms with Crippen molar-refractivity contribution in [2.24, 2.45) is 7.05 Å². The van der Waals surface area contributed by atoms with Gasteiger partial charge in [-0.2, -0.15) is 13.2 Å². The summed E-state index contributed by atoms with van der Waals surface area (Å²) in [6.45, 7) is 4.00. The third-order valence-corrected chi connectivity index (χ3v) is 5.44. The maximum atomic E-state index is 13.1. The van der Waals surface area contributed by atoms with Crippen molar-refractivity contribution in [2.75, 3.05) is 26.2 Å². The van der Waals surface area contributed by atoms with E-state index < -0.39 is 12.1 Å². The molecule has 0 aliphatic carbocycles. The highest BCUT2D eigenvalue weighted by atomic mass is 19.4. The number of aromatic nitrogens is 2. The van der Waals surface area contributed by atoms with Crippen LogP contribution in [0.5, 0.6) is 0 Å². The number of imidazole rings is 1. The first-order chi connectivity index (χ1) is 15.2. The van der Waals surface area contributed by atoms with Gasteiger partial charge in [0.2, 0.25) is 5.91 Å². The minimum absolute atomic E-state index is 0.119. The molecule has 1 amide bonds. The van der Waals surface area contributed by atoms with E-state index in [1.54, 1.807) is 0 Å². The average Bonchev–Trinajstić information content (AvgIpc) is 3.42. The molecule has 10 heteroatoms. The number of halogens is 3. The molecule has 32 heavy (non-hydrogen) atoms. The van der Waals surface area contributed by atoms with Crippen LogP contribution in [0, 0.1) is 0 Å². The van der Waals surface area contributed by atoms with Crippen molar-refractivity contribution >= 4 is 11.9 Å². The number of carboxylic acid groups (broad SMARTS) is 1. The summed E-state index contributed by atoms with van der Waals surface area (Å²) in [5, 5.41) is 7.12. The van der Waals surface area contributed by atoms with Gasteiger partial charge >= 0.3 is 12.1 Å². The number of aliphatic carboxylic acids is 1. The lowest BCUT2D eigenvalue weighted by Crippen LogP contribution is -2.43. The predicted molar refractivity (Wildman–Crippen MR) is 111 cm³/mol. The molecule has 0 radical (unpaired) electrons. The van der Waals surface area contributed by atoms with E-state index in [1.807, 2.05) is 28.9 Å². The number of aryl methyl sites for hydroxylation is 1.